The van der Waals surface area contributed by atoms with E-state index in [9.17, 15) is 0 Å². The third-order valence-electron chi connectivity index (χ3n) is 2.07. The predicted octanol–water partition coefficient (Wildman–Crippen LogP) is 2.20. The molecule has 0 bridgehead atoms. The molecule has 2 heteroatoms. The number of rotatable bonds is 1. The molecule has 2 aromatic rings. The van der Waals surface area contributed by atoms with E-state index >= 15 is 0 Å². The second-order valence-electron chi connectivity index (χ2n) is 3.17. The third-order valence-corrected chi connectivity index (χ3v) is 2.07. The molecule has 0 aliphatic heterocycles. The van der Waals surface area contributed by atoms with Crippen LogP contribution in [0.4, 0.5) is 0 Å². The standard InChI is InChI=1S/C11H11N2/c1-9-3-5-10(6-4-9)11-12-7-8-13(11)2/h3-6,8H,1-2H3. The van der Waals surface area contributed by atoms with E-state index < -0.39 is 0 Å². The minimum atomic E-state index is 0.958. The molecule has 0 aliphatic carbocycles. The molecule has 0 amide bonds. The number of aromatic nitrogens is 2. The first-order chi connectivity index (χ1) is 6.27. The van der Waals surface area contributed by atoms with Gasteiger partial charge in [0.25, 0.3) is 0 Å². The first kappa shape index (κ1) is 8.05. The molecule has 0 aliphatic rings. The number of benzene rings is 1. The van der Waals surface area contributed by atoms with Crippen LogP contribution in [0, 0.1) is 13.1 Å². The number of hydrogen-bond acceptors (Lipinski definition) is 1. The molecule has 1 aromatic heterocycles. The van der Waals surface area contributed by atoms with Crippen molar-refractivity contribution in [3.63, 3.8) is 0 Å². The smallest absolute Gasteiger partial charge is 0.140 e. The van der Waals surface area contributed by atoms with E-state index in [1.54, 1.807) is 0 Å². The highest BCUT2D eigenvalue weighted by Crippen LogP contribution is 2.16. The average molecular weight is 171 g/mol. The summed E-state index contributed by atoms with van der Waals surface area (Å²) in [5.41, 5.74) is 2.40. The van der Waals surface area contributed by atoms with Gasteiger partial charge in [-0.2, -0.15) is 0 Å². The SMILES string of the molecule is Cc1ccc(-c2n[c]cn2C)cc1. The summed E-state index contributed by atoms with van der Waals surface area (Å²) in [6, 6.07) is 8.32. The first-order valence-corrected chi connectivity index (χ1v) is 4.24. The maximum atomic E-state index is 4.15. The number of imidazole rings is 1. The zero-order chi connectivity index (χ0) is 9.26. The number of nitrogens with zero attached hydrogens (tertiary/aromatic N) is 2. The number of aryl methyl sites for hydroxylation is 2. The van der Waals surface area contributed by atoms with Crippen LogP contribution in [0.25, 0.3) is 11.4 Å². The van der Waals surface area contributed by atoms with Gasteiger partial charge in [-0.25, -0.2) is 4.98 Å². The fourth-order valence-corrected chi connectivity index (χ4v) is 1.29. The Bertz CT molecular complexity index is 398. The van der Waals surface area contributed by atoms with Gasteiger partial charge in [0.15, 0.2) is 0 Å². The highest BCUT2D eigenvalue weighted by molar-refractivity contribution is 5.55. The highest BCUT2D eigenvalue weighted by atomic mass is 15.0. The lowest BCUT2D eigenvalue weighted by molar-refractivity contribution is 0.924. The Labute approximate surface area is 77.9 Å². The Kier molecular flexibility index (Phi) is 1.89. The Balaban J connectivity index is 2.47. The topological polar surface area (TPSA) is 17.8 Å². The molecule has 2 rings (SSSR count). The van der Waals surface area contributed by atoms with Gasteiger partial charge in [0.2, 0.25) is 0 Å². The second kappa shape index (κ2) is 3.05. The van der Waals surface area contributed by atoms with Gasteiger partial charge in [-0.15, -0.1) is 0 Å². The molecule has 2 nitrogen and oxygen atoms in total. The summed E-state index contributed by atoms with van der Waals surface area (Å²) in [5.74, 6) is 0.958. The van der Waals surface area contributed by atoms with E-state index in [0.717, 1.165) is 11.4 Å². The zero-order valence-electron chi connectivity index (χ0n) is 7.78. The summed E-state index contributed by atoms with van der Waals surface area (Å²) in [5, 5.41) is 0. The summed E-state index contributed by atoms with van der Waals surface area (Å²) in [4.78, 5) is 4.15. The van der Waals surface area contributed by atoms with Crippen LogP contribution >= 0.6 is 0 Å². The van der Waals surface area contributed by atoms with E-state index in [1.165, 1.54) is 5.56 Å². The van der Waals surface area contributed by atoms with Crippen LogP contribution in [0.1, 0.15) is 5.56 Å². The lowest BCUT2D eigenvalue weighted by Crippen LogP contribution is -1.90. The number of hydrogen-bond donors (Lipinski definition) is 0. The van der Waals surface area contributed by atoms with Crippen LogP contribution in [-0.4, -0.2) is 9.55 Å². The van der Waals surface area contributed by atoms with Gasteiger partial charge >= 0.3 is 0 Å². The molecule has 1 aromatic carbocycles. The van der Waals surface area contributed by atoms with Gasteiger partial charge in [-0.05, 0) is 6.92 Å². The minimum Gasteiger partial charge on any atom is -0.333 e. The van der Waals surface area contributed by atoms with Gasteiger partial charge in [0.05, 0.1) is 0 Å². The molecule has 13 heavy (non-hydrogen) atoms. The van der Waals surface area contributed by atoms with Gasteiger partial charge in [-0.3, -0.25) is 0 Å². The quantitative estimate of drug-likeness (QED) is 0.643. The minimum absolute atomic E-state index is 0.958. The van der Waals surface area contributed by atoms with Crippen molar-refractivity contribution in [1.82, 2.24) is 9.55 Å². The van der Waals surface area contributed by atoms with Crippen molar-refractivity contribution < 1.29 is 0 Å². The largest absolute Gasteiger partial charge is 0.333 e. The molecule has 0 spiro atoms. The van der Waals surface area contributed by atoms with E-state index in [1.807, 2.05) is 17.8 Å². The van der Waals surface area contributed by atoms with E-state index in [0.29, 0.717) is 0 Å². The van der Waals surface area contributed by atoms with Crippen LogP contribution in [-0.2, 0) is 7.05 Å². The maximum Gasteiger partial charge on any atom is 0.140 e. The molecule has 1 heterocycles. The van der Waals surface area contributed by atoms with Crippen LogP contribution in [0.3, 0.4) is 0 Å². The molecule has 0 N–H and O–H groups in total. The lowest BCUT2D eigenvalue weighted by atomic mass is 10.1. The molecule has 65 valence electrons. The van der Waals surface area contributed by atoms with Crippen molar-refractivity contribution in [2.24, 2.45) is 7.05 Å². The Morgan fingerprint density at radius 3 is 2.46 bits per heavy atom. The molecular formula is C11H11N2. The van der Waals surface area contributed by atoms with Gasteiger partial charge < -0.3 is 4.57 Å². The predicted molar refractivity (Wildman–Crippen MR) is 52.2 cm³/mol. The Morgan fingerprint density at radius 1 is 1.23 bits per heavy atom. The fourth-order valence-electron chi connectivity index (χ4n) is 1.29. The summed E-state index contributed by atoms with van der Waals surface area (Å²) < 4.78 is 1.96. The van der Waals surface area contributed by atoms with Gasteiger partial charge in [0.1, 0.15) is 12.0 Å². The molecule has 0 saturated heterocycles. The van der Waals surface area contributed by atoms with Crippen molar-refractivity contribution in [2.45, 2.75) is 6.92 Å². The maximum absolute atomic E-state index is 4.15. The molecule has 0 fully saturated rings. The van der Waals surface area contributed by atoms with Crippen LogP contribution < -0.4 is 0 Å². The molecular weight excluding hydrogens is 160 g/mol. The van der Waals surface area contributed by atoms with E-state index in [2.05, 4.69) is 42.4 Å². The van der Waals surface area contributed by atoms with E-state index in [-0.39, 0.29) is 0 Å². The highest BCUT2D eigenvalue weighted by Gasteiger charge is 2.01. The van der Waals surface area contributed by atoms with Crippen molar-refractivity contribution in [1.29, 1.82) is 0 Å². The van der Waals surface area contributed by atoms with Crippen LogP contribution in [0.15, 0.2) is 30.5 Å². The third kappa shape index (κ3) is 1.47. The molecule has 0 atom stereocenters. The Morgan fingerprint density at radius 2 is 1.92 bits per heavy atom. The fraction of sp³-hybridized carbons (Fsp3) is 0.182. The molecule has 0 unspecified atom stereocenters. The van der Waals surface area contributed by atoms with Crippen LogP contribution in [0.2, 0.25) is 0 Å². The van der Waals surface area contributed by atoms with Crippen molar-refractivity contribution in [3.05, 3.63) is 42.2 Å². The second-order valence-corrected chi connectivity index (χ2v) is 3.17. The molecule has 1 radical (unpaired) electrons. The van der Waals surface area contributed by atoms with Crippen LogP contribution in [0.5, 0.6) is 0 Å². The van der Waals surface area contributed by atoms with Crippen molar-refractivity contribution in [3.8, 4) is 11.4 Å². The summed E-state index contributed by atoms with van der Waals surface area (Å²) in [6.45, 7) is 2.08. The Hall–Kier alpha value is -1.57. The normalized spacial score (nSPS) is 10.3. The van der Waals surface area contributed by atoms with Crippen molar-refractivity contribution >= 4 is 0 Å². The monoisotopic (exact) mass is 171 g/mol. The van der Waals surface area contributed by atoms with Gasteiger partial charge in [-0.1, -0.05) is 29.8 Å². The zero-order valence-corrected chi connectivity index (χ0v) is 7.78. The molecule has 0 saturated carbocycles. The van der Waals surface area contributed by atoms with Crippen molar-refractivity contribution in [2.75, 3.05) is 0 Å². The first-order valence-electron chi connectivity index (χ1n) is 4.24. The van der Waals surface area contributed by atoms with Gasteiger partial charge in [0, 0.05) is 18.8 Å². The van der Waals surface area contributed by atoms with E-state index in [4.69, 9.17) is 0 Å². The lowest BCUT2D eigenvalue weighted by Gasteiger charge is -2.01. The summed E-state index contributed by atoms with van der Waals surface area (Å²) in [7, 11) is 1.97. The average Bonchev–Trinajstić information content (AvgIpc) is 2.53. The summed E-state index contributed by atoms with van der Waals surface area (Å²) in [6.07, 6.45) is 4.65. The summed E-state index contributed by atoms with van der Waals surface area (Å²) >= 11 is 0.